The molecule has 8 heavy (non-hydrogen) atoms. The molecule has 0 atom stereocenters. The van der Waals surface area contributed by atoms with Crippen LogP contribution < -0.4 is 0 Å². The molecule has 0 N–H and O–H groups in total. The lowest BCUT2D eigenvalue weighted by Gasteiger charge is -2.07. The predicted molar refractivity (Wildman–Crippen MR) is 33.8 cm³/mol. The van der Waals surface area contributed by atoms with Crippen LogP contribution in [0.25, 0.3) is 0 Å². The minimum atomic E-state index is 0.465. The van der Waals surface area contributed by atoms with Gasteiger partial charge in [-0.3, -0.25) is 4.90 Å². The zero-order chi connectivity index (χ0) is 6.41. The molecule has 46 valence electrons. The van der Waals surface area contributed by atoms with Gasteiger partial charge in [-0.2, -0.15) is 5.26 Å². The van der Waals surface area contributed by atoms with Crippen molar-refractivity contribution in [1.29, 1.82) is 5.26 Å². The Morgan fingerprint density at radius 1 is 1.75 bits per heavy atom. The molecule has 0 aliphatic carbocycles. The molecule has 0 aliphatic heterocycles. The van der Waals surface area contributed by atoms with Gasteiger partial charge in [-0.1, -0.05) is 0 Å². The van der Waals surface area contributed by atoms with E-state index in [1.807, 2.05) is 18.0 Å². The number of nitrogens with zero attached hydrogens (tertiary/aromatic N) is 2. The summed E-state index contributed by atoms with van der Waals surface area (Å²) < 4.78 is 0. The maximum absolute atomic E-state index is 8.13. The number of nitriles is 1. The van der Waals surface area contributed by atoms with Crippen molar-refractivity contribution in [1.82, 2.24) is 4.90 Å². The van der Waals surface area contributed by atoms with Gasteiger partial charge in [-0.15, -0.1) is 11.6 Å². The largest absolute Gasteiger partial charge is 0.292 e. The van der Waals surface area contributed by atoms with Crippen LogP contribution in [0.15, 0.2) is 0 Å². The summed E-state index contributed by atoms with van der Waals surface area (Å²) in [6.45, 7) is 1.25. The lowest BCUT2D eigenvalue weighted by atomic mass is 10.6. The van der Waals surface area contributed by atoms with Crippen LogP contribution in [-0.2, 0) is 0 Å². The first-order chi connectivity index (χ1) is 3.81. The molecular weight excluding hydrogens is 124 g/mol. The van der Waals surface area contributed by atoms with Crippen LogP contribution in [-0.4, -0.2) is 30.9 Å². The van der Waals surface area contributed by atoms with E-state index in [1.165, 1.54) is 0 Å². The molecule has 0 radical (unpaired) electrons. The number of rotatable bonds is 3. The van der Waals surface area contributed by atoms with E-state index in [2.05, 4.69) is 0 Å². The molecule has 0 amide bonds. The summed E-state index contributed by atoms with van der Waals surface area (Å²) in [7, 11) is 1.87. The average Bonchev–Trinajstić information content (AvgIpc) is 1.68. The van der Waals surface area contributed by atoms with Crippen LogP contribution in [0.3, 0.4) is 0 Å². The fraction of sp³-hybridized carbons (Fsp3) is 0.800. The molecule has 3 heteroatoms. The number of halogens is 1. The molecule has 0 unspecified atom stereocenters. The van der Waals surface area contributed by atoms with Crippen molar-refractivity contribution in [3.05, 3.63) is 0 Å². The van der Waals surface area contributed by atoms with E-state index in [9.17, 15) is 0 Å². The van der Waals surface area contributed by atoms with Gasteiger partial charge in [0.15, 0.2) is 0 Å². The van der Waals surface area contributed by atoms with Crippen molar-refractivity contribution in [3.8, 4) is 6.07 Å². The molecular formula is C5H9ClN2. The predicted octanol–water partition coefficient (Wildman–Crippen LogP) is 0.681. The van der Waals surface area contributed by atoms with Gasteiger partial charge in [0.25, 0.3) is 0 Å². The average molecular weight is 133 g/mol. The van der Waals surface area contributed by atoms with E-state index in [4.69, 9.17) is 16.9 Å². The summed E-state index contributed by atoms with van der Waals surface area (Å²) in [4.78, 5) is 1.87. The molecule has 0 bridgehead atoms. The Hall–Kier alpha value is -0.260. The highest BCUT2D eigenvalue weighted by Crippen LogP contribution is 1.81. The van der Waals surface area contributed by atoms with Crippen LogP contribution in [0.4, 0.5) is 0 Å². The third kappa shape index (κ3) is 3.91. The second-order valence-electron chi connectivity index (χ2n) is 1.58. The van der Waals surface area contributed by atoms with E-state index in [1.54, 1.807) is 0 Å². The summed E-state index contributed by atoms with van der Waals surface area (Å²) >= 11 is 5.38. The van der Waals surface area contributed by atoms with Gasteiger partial charge in [0.1, 0.15) is 0 Å². The van der Waals surface area contributed by atoms with Gasteiger partial charge in [-0.05, 0) is 7.05 Å². The molecule has 0 aromatic heterocycles. The van der Waals surface area contributed by atoms with Gasteiger partial charge in [0.05, 0.1) is 12.6 Å². The quantitative estimate of drug-likeness (QED) is 0.417. The Morgan fingerprint density at radius 2 is 2.38 bits per heavy atom. The molecule has 0 spiro atoms. The van der Waals surface area contributed by atoms with Crippen LogP contribution in [0.2, 0.25) is 0 Å². The summed E-state index contributed by atoms with van der Waals surface area (Å²) in [5, 5.41) is 8.13. The normalized spacial score (nSPS) is 9.25. The van der Waals surface area contributed by atoms with Crippen molar-refractivity contribution >= 4 is 11.6 Å². The van der Waals surface area contributed by atoms with Crippen molar-refractivity contribution < 1.29 is 0 Å². The molecule has 0 saturated carbocycles. The SMILES string of the molecule is CN(CC#N)CCCl. The Kier molecular flexibility index (Phi) is 4.73. The fourth-order valence-corrected chi connectivity index (χ4v) is 0.633. The fourth-order valence-electron chi connectivity index (χ4n) is 0.344. The van der Waals surface area contributed by atoms with Crippen molar-refractivity contribution in [2.75, 3.05) is 26.0 Å². The number of hydrogen-bond acceptors (Lipinski definition) is 2. The van der Waals surface area contributed by atoms with Gasteiger partial charge in [0, 0.05) is 12.4 Å². The van der Waals surface area contributed by atoms with Gasteiger partial charge >= 0.3 is 0 Å². The molecule has 0 rings (SSSR count). The zero-order valence-electron chi connectivity index (χ0n) is 4.89. The summed E-state index contributed by atoms with van der Waals surface area (Å²) in [5.41, 5.74) is 0. The van der Waals surface area contributed by atoms with Crippen LogP contribution in [0.1, 0.15) is 0 Å². The Morgan fingerprint density at radius 3 is 2.75 bits per heavy atom. The summed E-state index contributed by atoms with van der Waals surface area (Å²) in [6, 6.07) is 2.02. The molecule has 0 aliphatic rings. The lowest BCUT2D eigenvalue weighted by Crippen LogP contribution is -2.20. The van der Waals surface area contributed by atoms with E-state index < -0.39 is 0 Å². The standard InChI is InChI=1S/C5H9ClN2/c1-8(4-2-6)5-3-7/h2,4-5H2,1H3. The minimum Gasteiger partial charge on any atom is -0.292 e. The first kappa shape index (κ1) is 7.74. The van der Waals surface area contributed by atoms with E-state index >= 15 is 0 Å². The van der Waals surface area contributed by atoms with Crippen LogP contribution >= 0.6 is 11.6 Å². The minimum absolute atomic E-state index is 0.465. The first-order valence-electron chi connectivity index (χ1n) is 2.42. The van der Waals surface area contributed by atoms with Gasteiger partial charge < -0.3 is 0 Å². The molecule has 0 aromatic carbocycles. The second-order valence-corrected chi connectivity index (χ2v) is 1.96. The number of alkyl halides is 1. The maximum Gasteiger partial charge on any atom is 0.0863 e. The van der Waals surface area contributed by atoms with E-state index in [-0.39, 0.29) is 0 Å². The first-order valence-corrected chi connectivity index (χ1v) is 2.96. The summed E-state index contributed by atoms with van der Waals surface area (Å²) in [6.07, 6.45) is 0. The Balaban J connectivity index is 3.08. The zero-order valence-corrected chi connectivity index (χ0v) is 5.65. The van der Waals surface area contributed by atoms with Crippen molar-refractivity contribution in [2.24, 2.45) is 0 Å². The molecule has 0 heterocycles. The molecule has 2 nitrogen and oxygen atoms in total. The third-order valence-electron chi connectivity index (χ3n) is 0.807. The van der Waals surface area contributed by atoms with Gasteiger partial charge in [0.2, 0.25) is 0 Å². The third-order valence-corrected chi connectivity index (χ3v) is 0.976. The van der Waals surface area contributed by atoms with Crippen LogP contribution in [0, 0.1) is 11.3 Å². The van der Waals surface area contributed by atoms with Gasteiger partial charge in [-0.25, -0.2) is 0 Å². The Bertz CT molecular complexity index is 86.9. The molecule has 0 saturated heterocycles. The lowest BCUT2D eigenvalue weighted by molar-refractivity contribution is 0.399. The monoisotopic (exact) mass is 132 g/mol. The van der Waals surface area contributed by atoms with Crippen molar-refractivity contribution in [3.63, 3.8) is 0 Å². The van der Waals surface area contributed by atoms with Crippen LogP contribution in [0.5, 0.6) is 0 Å². The Labute approximate surface area is 54.7 Å². The topological polar surface area (TPSA) is 27.0 Å². The highest BCUT2D eigenvalue weighted by atomic mass is 35.5. The number of hydrogen-bond donors (Lipinski definition) is 0. The van der Waals surface area contributed by atoms with Crippen molar-refractivity contribution in [2.45, 2.75) is 0 Å². The maximum atomic E-state index is 8.13. The molecule has 0 aromatic rings. The van der Waals surface area contributed by atoms with E-state index in [0.717, 1.165) is 6.54 Å². The van der Waals surface area contributed by atoms with E-state index in [0.29, 0.717) is 12.4 Å². The highest BCUT2D eigenvalue weighted by Gasteiger charge is 1.91. The second kappa shape index (κ2) is 4.89. The summed E-state index contributed by atoms with van der Waals surface area (Å²) in [5.74, 6) is 0.595. The molecule has 0 fully saturated rings. The smallest absolute Gasteiger partial charge is 0.0863 e. The highest BCUT2D eigenvalue weighted by molar-refractivity contribution is 6.18.